The standard InChI is InChI=1S/C11H23NO3S/c1-3-6-15-8-11(12-4-2)10-5-7-16(13,14)9-10/h10-12H,3-9H2,1-2H3. The summed E-state index contributed by atoms with van der Waals surface area (Å²) in [5.41, 5.74) is 0. The van der Waals surface area contributed by atoms with Crippen LogP contribution in [-0.4, -0.2) is 45.7 Å². The van der Waals surface area contributed by atoms with Crippen LogP contribution in [-0.2, 0) is 14.6 Å². The molecule has 0 aromatic carbocycles. The van der Waals surface area contributed by atoms with Crippen LogP contribution in [0.1, 0.15) is 26.7 Å². The molecule has 0 aromatic rings. The molecule has 1 saturated heterocycles. The second-order valence-corrected chi connectivity index (χ2v) is 6.63. The summed E-state index contributed by atoms with van der Waals surface area (Å²) in [5.74, 6) is 0.884. The van der Waals surface area contributed by atoms with Crippen LogP contribution in [0.15, 0.2) is 0 Å². The van der Waals surface area contributed by atoms with Crippen LogP contribution in [0, 0.1) is 5.92 Å². The van der Waals surface area contributed by atoms with E-state index in [1.165, 1.54) is 0 Å². The molecule has 1 aliphatic rings. The summed E-state index contributed by atoms with van der Waals surface area (Å²) in [6.07, 6.45) is 1.78. The monoisotopic (exact) mass is 249 g/mol. The van der Waals surface area contributed by atoms with E-state index in [4.69, 9.17) is 4.74 Å². The van der Waals surface area contributed by atoms with Crippen LogP contribution >= 0.6 is 0 Å². The van der Waals surface area contributed by atoms with E-state index in [9.17, 15) is 8.42 Å². The lowest BCUT2D eigenvalue weighted by Crippen LogP contribution is -2.40. The van der Waals surface area contributed by atoms with Gasteiger partial charge in [0.15, 0.2) is 9.84 Å². The Balaban J connectivity index is 2.43. The number of ether oxygens (including phenoxy) is 1. The molecule has 1 N–H and O–H groups in total. The summed E-state index contributed by atoms with van der Waals surface area (Å²) in [5, 5.41) is 3.33. The van der Waals surface area contributed by atoms with Crippen LogP contribution in [0.25, 0.3) is 0 Å². The van der Waals surface area contributed by atoms with E-state index in [2.05, 4.69) is 12.2 Å². The molecule has 16 heavy (non-hydrogen) atoms. The number of hydrogen-bond acceptors (Lipinski definition) is 4. The third-order valence-electron chi connectivity index (χ3n) is 2.95. The molecule has 2 atom stereocenters. The molecular weight excluding hydrogens is 226 g/mol. The van der Waals surface area contributed by atoms with E-state index >= 15 is 0 Å². The number of nitrogens with one attached hydrogen (secondary N) is 1. The predicted molar refractivity (Wildman–Crippen MR) is 65.3 cm³/mol. The van der Waals surface area contributed by atoms with E-state index in [0.29, 0.717) is 18.1 Å². The molecule has 1 rings (SSSR count). The van der Waals surface area contributed by atoms with Gasteiger partial charge < -0.3 is 10.1 Å². The Hall–Kier alpha value is -0.130. The summed E-state index contributed by atoms with van der Waals surface area (Å²) in [6.45, 7) is 6.35. The molecule has 1 aliphatic heterocycles. The number of hydrogen-bond donors (Lipinski definition) is 1. The second-order valence-electron chi connectivity index (χ2n) is 4.40. The molecule has 4 nitrogen and oxygen atoms in total. The SMILES string of the molecule is CCCOCC(NCC)C1CCS(=O)(=O)C1. The number of sulfone groups is 1. The minimum atomic E-state index is -2.78. The Morgan fingerprint density at radius 2 is 2.19 bits per heavy atom. The summed E-state index contributed by atoms with van der Waals surface area (Å²) in [4.78, 5) is 0. The molecule has 1 heterocycles. The highest BCUT2D eigenvalue weighted by atomic mass is 32.2. The van der Waals surface area contributed by atoms with E-state index in [1.54, 1.807) is 0 Å². The first-order valence-electron chi connectivity index (χ1n) is 6.10. The molecule has 5 heteroatoms. The van der Waals surface area contributed by atoms with Crippen molar-refractivity contribution in [2.75, 3.05) is 31.3 Å². The Kier molecular flexibility index (Phi) is 5.72. The minimum absolute atomic E-state index is 0.189. The van der Waals surface area contributed by atoms with Gasteiger partial charge >= 0.3 is 0 Å². The lowest BCUT2D eigenvalue weighted by atomic mass is 10.00. The van der Waals surface area contributed by atoms with Crippen molar-refractivity contribution < 1.29 is 13.2 Å². The van der Waals surface area contributed by atoms with Crippen LogP contribution < -0.4 is 5.32 Å². The maximum absolute atomic E-state index is 11.4. The molecule has 2 unspecified atom stereocenters. The van der Waals surface area contributed by atoms with Gasteiger partial charge in [-0.05, 0) is 25.3 Å². The fraction of sp³-hybridized carbons (Fsp3) is 1.00. The normalized spacial score (nSPS) is 25.8. The molecule has 0 spiro atoms. The van der Waals surface area contributed by atoms with Gasteiger partial charge in [-0.3, -0.25) is 0 Å². The van der Waals surface area contributed by atoms with Gasteiger partial charge in [0.1, 0.15) is 0 Å². The minimum Gasteiger partial charge on any atom is -0.380 e. The smallest absolute Gasteiger partial charge is 0.150 e. The van der Waals surface area contributed by atoms with Gasteiger partial charge in [-0.2, -0.15) is 0 Å². The number of likely N-dealkylation sites (N-methyl/N-ethyl adjacent to an activating group) is 1. The van der Waals surface area contributed by atoms with Crippen molar-refractivity contribution in [2.24, 2.45) is 5.92 Å². The third kappa shape index (κ3) is 4.39. The largest absolute Gasteiger partial charge is 0.380 e. The molecule has 0 amide bonds. The highest BCUT2D eigenvalue weighted by molar-refractivity contribution is 7.91. The molecule has 1 fully saturated rings. The van der Waals surface area contributed by atoms with Gasteiger partial charge in [0.25, 0.3) is 0 Å². The van der Waals surface area contributed by atoms with E-state index in [0.717, 1.165) is 26.0 Å². The number of rotatable bonds is 7. The van der Waals surface area contributed by atoms with Gasteiger partial charge in [-0.15, -0.1) is 0 Å². The molecule has 0 saturated carbocycles. The summed E-state index contributed by atoms with van der Waals surface area (Å²) < 4.78 is 28.3. The maximum Gasteiger partial charge on any atom is 0.150 e. The second kappa shape index (κ2) is 6.57. The van der Waals surface area contributed by atoms with Crippen molar-refractivity contribution in [3.63, 3.8) is 0 Å². The fourth-order valence-corrected chi connectivity index (χ4v) is 4.00. The Labute approximate surface area is 98.7 Å². The first-order valence-corrected chi connectivity index (χ1v) is 7.92. The molecule has 0 aliphatic carbocycles. The van der Waals surface area contributed by atoms with E-state index < -0.39 is 9.84 Å². The van der Waals surface area contributed by atoms with Crippen LogP contribution in [0.5, 0.6) is 0 Å². The van der Waals surface area contributed by atoms with Gasteiger partial charge in [0.2, 0.25) is 0 Å². The van der Waals surface area contributed by atoms with Crippen LogP contribution in [0.4, 0.5) is 0 Å². The van der Waals surface area contributed by atoms with Crippen molar-refractivity contribution in [1.29, 1.82) is 0 Å². The van der Waals surface area contributed by atoms with E-state index in [1.807, 2.05) is 6.92 Å². The molecular formula is C11H23NO3S. The third-order valence-corrected chi connectivity index (χ3v) is 4.74. The van der Waals surface area contributed by atoms with Gasteiger partial charge in [-0.1, -0.05) is 13.8 Å². The molecule has 0 aromatic heterocycles. The highest BCUT2D eigenvalue weighted by Crippen LogP contribution is 2.22. The zero-order chi connectivity index (χ0) is 12.0. The fourth-order valence-electron chi connectivity index (χ4n) is 2.12. The maximum atomic E-state index is 11.4. The lowest BCUT2D eigenvalue weighted by molar-refractivity contribution is 0.0974. The molecule has 0 bridgehead atoms. The first kappa shape index (κ1) is 13.9. The quantitative estimate of drug-likeness (QED) is 0.679. The van der Waals surface area contributed by atoms with Crippen molar-refractivity contribution >= 4 is 9.84 Å². The first-order chi connectivity index (χ1) is 7.59. The summed E-state index contributed by atoms with van der Waals surface area (Å²) in [6, 6.07) is 0.189. The zero-order valence-corrected chi connectivity index (χ0v) is 11.1. The molecule has 0 radical (unpaired) electrons. The van der Waals surface area contributed by atoms with Crippen molar-refractivity contribution in [2.45, 2.75) is 32.7 Å². The van der Waals surface area contributed by atoms with Crippen molar-refractivity contribution in [1.82, 2.24) is 5.32 Å². The highest BCUT2D eigenvalue weighted by Gasteiger charge is 2.33. The van der Waals surface area contributed by atoms with Crippen molar-refractivity contribution in [3.05, 3.63) is 0 Å². The topological polar surface area (TPSA) is 55.4 Å². The predicted octanol–water partition coefficient (Wildman–Crippen LogP) is 0.826. The zero-order valence-electron chi connectivity index (χ0n) is 10.2. The van der Waals surface area contributed by atoms with Gasteiger partial charge in [0.05, 0.1) is 18.1 Å². The van der Waals surface area contributed by atoms with Gasteiger partial charge in [-0.25, -0.2) is 8.42 Å². The van der Waals surface area contributed by atoms with Gasteiger partial charge in [0, 0.05) is 12.6 Å². The molecule has 96 valence electrons. The summed E-state index contributed by atoms with van der Waals surface area (Å²) in [7, 11) is -2.78. The Morgan fingerprint density at radius 3 is 2.69 bits per heavy atom. The lowest BCUT2D eigenvalue weighted by Gasteiger charge is -2.23. The van der Waals surface area contributed by atoms with E-state index in [-0.39, 0.29) is 12.0 Å². The average molecular weight is 249 g/mol. The Morgan fingerprint density at radius 1 is 1.44 bits per heavy atom. The van der Waals surface area contributed by atoms with Crippen LogP contribution in [0.2, 0.25) is 0 Å². The van der Waals surface area contributed by atoms with Crippen molar-refractivity contribution in [3.8, 4) is 0 Å². The summed E-state index contributed by atoms with van der Waals surface area (Å²) >= 11 is 0. The Bertz CT molecular complexity index is 290. The van der Waals surface area contributed by atoms with Crippen LogP contribution in [0.3, 0.4) is 0 Å². The average Bonchev–Trinajstić information content (AvgIpc) is 2.58.